The van der Waals surface area contributed by atoms with Crippen LogP contribution < -0.4 is 16.0 Å². The number of tetrazole rings is 1. The molecular weight excluding hydrogens is 540 g/mol. The lowest BCUT2D eigenvalue weighted by molar-refractivity contribution is -0.153. The van der Waals surface area contributed by atoms with Gasteiger partial charge >= 0.3 is 11.8 Å². The number of esters is 1. The van der Waals surface area contributed by atoms with Crippen LogP contribution >= 0.6 is 0 Å². The number of aliphatic hydroxyl groups is 1. The monoisotopic (exact) mass is 574 g/mol. The molecule has 1 atom stereocenters. The van der Waals surface area contributed by atoms with Crippen LogP contribution in [0.3, 0.4) is 0 Å². The number of carbonyl (C=O) groups excluding carboxylic acids is 1. The summed E-state index contributed by atoms with van der Waals surface area (Å²) < 4.78 is 15.7. The Balaban J connectivity index is 1.55. The minimum absolute atomic E-state index is 0.140. The van der Waals surface area contributed by atoms with E-state index in [4.69, 9.17) is 13.6 Å². The lowest BCUT2D eigenvalue weighted by Crippen LogP contribution is -2.60. The Morgan fingerprint density at radius 2 is 1.81 bits per heavy atom. The molecule has 12 nitrogen and oxygen atoms in total. The summed E-state index contributed by atoms with van der Waals surface area (Å²) in [6, 6.07) is 15.6. The van der Waals surface area contributed by atoms with E-state index in [1.165, 1.54) is 0 Å². The highest BCUT2D eigenvalue weighted by Gasteiger charge is 2.53. The van der Waals surface area contributed by atoms with E-state index in [9.17, 15) is 14.7 Å². The molecule has 0 saturated heterocycles. The Morgan fingerprint density at radius 3 is 2.40 bits per heavy atom. The number of nitrogens with zero attached hydrogens (tertiary/aromatic N) is 4. The fourth-order valence-electron chi connectivity index (χ4n) is 5.37. The summed E-state index contributed by atoms with van der Waals surface area (Å²) in [6.07, 6.45) is 1.90. The molecule has 3 heterocycles. The van der Waals surface area contributed by atoms with Crippen LogP contribution in [0.1, 0.15) is 58.5 Å². The van der Waals surface area contributed by atoms with Gasteiger partial charge in [-0.1, -0.05) is 49.7 Å². The van der Waals surface area contributed by atoms with E-state index in [0.717, 1.165) is 28.8 Å². The maximum absolute atomic E-state index is 14.0. The van der Waals surface area contributed by atoms with Gasteiger partial charge in [0.05, 0.1) is 5.70 Å². The number of H-pyrrole nitrogens is 1. The van der Waals surface area contributed by atoms with E-state index >= 15 is 0 Å². The van der Waals surface area contributed by atoms with Gasteiger partial charge in [0.2, 0.25) is 5.66 Å². The molecular formula is C30H34N6O6. The zero-order chi connectivity index (χ0) is 30.1. The first-order chi connectivity index (χ1) is 20.0. The van der Waals surface area contributed by atoms with Crippen LogP contribution in [0, 0.1) is 6.92 Å². The molecule has 0 radical (unpaired) electrons. The Labute approximate surface area is 242 Å². The smallest absolute Gasteiger partial charge is 0.454 e. The fraction of sp³-hybridized carbons (Fsp3) is 0.367. The van der Waals surface area contributed by atoms with Gasteiger partial charge in [-0.25, -0.2) is 14.7 Å². The minimum Gasteiger partial charge on any atom is -0.454 e. The fourth-order valence-corrected chi connectivity index (χ4v) is 5.37. The zero-order valence-electron chi connectivity index (χ0n) is 24.2. The van der Waals surface area contributed by atoms with Crippen molar-refractivity contribution < 1.29 is 23.5 Å². The number of nitrogens with one attached hydrogen (secondary N) is 2. The first-order valence-corrected chi connectivity index (χ1v) is 13.8. The average Bonchev–Trinajstić information content (AvgIpc) is 3.69. The summed E-state index contributed by atoms with van der Waals surface area (Å²) in [6.45, 7) is 8.52. The van der Waals surface area contributed by atoms with Crippen molar-refractivity contribution in [1.29, 1.82) is 0 Å². The average molecular weight is 575 g/mol. The Kier molecular flexibility index (Phi) is 7.74. The Hall–Kier alpha value is -4.71. The quantitative estimate of drug-likeness (QED) is 0.230. The maximum atomic E-state index is 14.0. The second-order valence-corrected chi connectivity index (χ2v) is 10.8. The molecule has 12 heteroatoms. The third-order valence-corrected chi connectivity index (χ3v) is 7.39. The van der Waals surface area contributed by atoms with Crippen molar-refractivity contribution in [2.45, 2.75) is 71.8 Å². The lowest BCUT2D eigenvalue weighted by atomic mass is 9.97. The summed E-state index contributed by atoms with van der Waals surface area (Å²) in [5.74, 6) is -0.499. The SMILES string of the molecule is CCCCC1(C(=O)OCc2oc(=O)oc2C)NC(C(C)(C)O)=C(C)N1c1ccc(-c2ccccc2-c2nnn[nH]2)cc1. The molecule has 0 bridgehead atoms. The molecule has 2 aromatic carbocycles. The van der Waals surface area contributed by atoms with Crippen LogP contribution in [0.15, 0.2) is 73.6 Å². The molecule has 0 saturated carbocycles. The normalized spacial score (nSPS) is 17.0. The number of allylic oxidation sites excluding steroid dienone is 1. The highest BCUT2D eigenvalue weighted by atomic mass is 16.6. The number of ether oxygens (including phenoxy) is 1. The van der Waals surface area contributed by atoms with Crippen LogP contribution in [0.4, 0.5) is 5.69 Å². The number of hydrogen-bond acceptors (Lipinski definition) is 11. The van der Waals surface area contributed by atoms with Gasteiger partial charge in [0.1, 0.15) is 5.60 Å². The molecule has 0 amide bonds. The molecule has 1 aliphatic rings. The molecule has 3 N–H and O–H groups in total. The van der Waals surface area contributed by atoms with Gasteiger partial charge in [0.25, 0.3) is 0 Å². The maximum Gasteiger partial charge on any atom is 0.519 e. The van der Waals surface area contributed by atoms with E-state index in [2.05, 4.69) is 25.9 Å². The first-order valence-electron chi connectivity index (χ1n) is 13.8. The number of unbranched alkanes of at least 4 members (excludes halogenated alkanes) is 1. The number of aryl methyl sites for hydroxylation is 1. The zero-order valence-corrected chi connectivity index (χ0v) is 24.2. The minimum atomic E-state index is -1.36. The number of benzene rings is 2. The summed E-state index contributed by atoms with van der Waals surface area (Å²) in [5, 5.41) is 28.7. The van der Waals surface area contributed by atoms with E-state index in [-0.39, 0.29) is 18.1 Å². The van der Waals surface area contributed by atoms with Crippen LogP contribution in [0.2, 0.25) is 0 Å². The van der Waals surface area contributed by atoms with Gasteiger partial charge in [-0.05, 0) is 67.8 Å². The van der Waals surface area contributed by atoms with Gasteiger partial charge < -0.3 is 28.9 Å². The largest absolute Gasteiger partial charge is 0.519 e. The van der Waals surface area contributed by atoms with Gasteiger partial charge in [-0.3, -0.25) is 0 Å². The van der Waals surface area contributed by atoms with E-state index in [1.54, 1.807) is 20.8 Å². The molecule has 4 aromatic rings. The molecule has 1 aliphatic heterocycles. The van der Waals surface area contributed by atoms with Crippen molar-refractivity contribution in [2.24, 2.45) is 0 Å². The predicted molar refractivity (Wildman–Crippen MR) is 154 cm³/mol. The Bertz CT molecular complexity index is 1650. The molecule has 42 heavy (non-hydrogen) atoms. The van der Waals surface area contributed by atoms with Crippen molar-refractivity contribution >= 4 is 11.7 Å². The van der Waals surface area contributed by atoms with Gasteiger partial charge in [0, 0.05) is 23.4 Å². The van der Waals surface area contributed by atoms with Crippen LogP contribution in [-0.4, -0.2) is 43.0 Å². The van der Waals surface area contributed by atoms with Crippen molar-refractivity contribution in [3.05, 3.63) is 82.1 Å². The second-order valence-electron chi connectivity index (χ2n) is 10.8. The van der Waals surface area contributed by atoms with Crippen LogP contribution in [0.25, 0.3) is 22.5 Å². The molecule has 220 valence electrons. The molecule has 2 aromatic heterocycles. The van der Waals surface area contributed by atoms with Gasteiger partial charge in [0.15, 0.2) is 24.0 Å². The summed E-state index contributed by atoms with van der Waals surface area (Å²) in [5.41, 5.74) is 1.99. The van der Waals surface area contributed by atoms with E-state index < -0.39 is 23.1 Å². The standard InChI is InChI=1S/C30H34N6O6/c1-6-7-16-30(27(37)40-17-24-19(3)41-28(38)42-24)31-25(29(4,5)39)18(2)36(30)21-14-12-20(13-15-21)22-10-8-9-11-23(22)26-32-34-35-33-26/h8-15,31,39H,6-7,16-17H2,1-5H3,(H,32,33,34,35). The third-order valence-electron chi connectivity index (χ3n) is 7.39. The first kappa shape index (κ1) is 28.8. The highest BCUT2D eigenvalue weighted by Crippen LogP contribution is 2.42. The Morgan fingerprint density at radius 1 is 1.10 bits per heavy atom. The van der Waals surface area contributed by atoms with Crippen molar-refractivity contribution in [3.63, 3.8) is 0 Å². The number of anilines is 1. The number of rotatable bonds is 10. The van der Waals surface area contributed by atoms with Crippen LogP contribution in [-0.2, 0) is 16.1 Å². The molecule has 0 aliphatic carbocycles. The van der Waals surface area contributed by atoms with Gasteiger partial charge in [-0.15, -0.1) is 5.10 Å². The van der Waals surface area contributed by atoms with Crippen molar-refractivity contribution in [1.82, 2.24) is 25.9 Å². The van der Waals surface area contributed by atoms with Gasteiger partial charge in [-0.2, -0.15) is 0 Å². The van der Waals surface area contributed by atoms with Crippen molar-refractivity contribution in [2.75, 3.05) is 4.90 Å². The topological polar surface area (TPSA) is 160 Å². The number of aromatic nitrogens is 4. The van der Waals surface area contributed by atoms with E-state index in [1.807, 2.05) is 67.3 Å². The lowest BCUT2D eigenvalue weighted by Gasteiger charge is -2.39. The summed E-state index contributed by atoms with van der Waals surface area (Å²) >= 11 is 0. The molecule has 0 fully saturated rings. The molecule has 1 unspecified atom stereocenters. The predicted octanol–water partition coefficient (Wildman–Crippen LogP) is 4.43. The summed E-state index contributed by atoms with van der Waals surface area (Å²) in [7, 11) is 0. The highest BCUT2D eigenvalue weighted by molar-refractivity contribution is 5.89. The molecule has 0 spiro atoms. The third kappa shape index (κ3) is 5.32. The molecule has 5 rings (SSSR count). The van der Waals surface area contributed by atoms with E-state index in [0.29, 0.717) is 30.1 Å². The van der Waals surface area contributed by atoms with Crippen molar-refractivity contribution in [3.8, 4) is 22.5 Å². The van der Waals surface area contributed by atoms with Crippen LogP contribution in [0.5, 0.6) is 0 Å². The number of aromatic amines is 1. The number of hydrogen-bond donors (Lipinski definition) is 3. The second kappa shape index (κ2) is 11.3. The summed E-state index contributed by atoms with van der Waals surface area (Å²) in [4.78, 5) is 27.4. The number of carbonyl (C=O) groups is 1.